The molecule has 1 saturated heterocycles. The van der Waals surface area contributed by atoms with Crippen LogP contribution in [-0.2, 0) is 9.59 Å². The molecule has 0 bridgehead atoms. The molecule has 0 spiro atoms. The van der Waals surface area contributed by atoms with E-state index in [-0.39, 0.29) is 74.5 Å². The quantitative estimate of drug-likeness (QED) is 0.423. The monoisotopic (exact) mass is 402 g/mol. The molecule has 2 amide bonds. The van der Waals surface area contributed by atoms with Crippen molar-refractivity contribution in [1.82, 2.24) is 9.80 Å². The van der Waals surface area contributed by atoms with E-state index in [4.69, 9.17) is 22.9 Å². The zero-order valence-electron chi connectivity index (χ0n) is 12.1. The van der Waals surface area contributed by atoms with Crippen molar-refractivity contribution in [2.24, 2.45) is 22.9 Å². The molecule has 0 unspecified atom stereocenters. The van der Waals surface area contributed by atoms with Gasteiger partial charge < -0.3 is 32.7 Å². The summed E-state index contributed by atoms with van der Waals surface area (Å²) in [7, 11) is 0. The summed E-state index contributed by atoms with van der Waals surface area (Å²) < 4.78 is 0. The molecule has 0 aromatic carbocycles. The van der Waals surface area contributed by atoms with Gasteiger partial charge in [-0.25, -0.2) is 0 Å². The van der Waals surface area contributed by atoms with Gasteiger partial charge in [-0.15, -0.1) is 49.6 Å². The molecule has 1 rings (SSSR count). The molecule has 0 saturated carbocycles. The van der Waals surface area contributed by atoms with Gasteiger partial charge in [0.2, 0.25) is 11.8 Å². The van der Waals surface area contributed by atoms with Crippen LogP contribution in [0.4, 0.5) is 0 Å². The Labute approximate surface area is 155 Å². The first-order chi connectivity index (χ1) is 8.51. The van der Waals surface area contributed by atoms with Gasteiger partial charge >= 0.3 is 0 Å². The molecule has 0 aromatic heterocycles. The summed E-state index contributed by atoms with van der Waals surface area (Å²) in [6.45, 7) is 2.06. The molecule has 12 heteroatoms. The van der Waals surface area contributed by atoms with Crippen LogP contribution in [0.3, 0.4) is 0 Å². The van der Waals surface area contributed by atoms with Crippen LogP contribution in [0.5, 0.6) is 0 Å². The second kappa shape index (κ2) is 14.5. The van der Waals surface area contributed by atoms with Crippen LogP contribution in [0, 0.1) is 0 Å². The molecular weight excluding hydrogens is 378 g/mol. The standard InChI is InChI=1S/C10H22N6O2.4ClH/c11-5-7(13)9(17)15-1-2-16(4-3-15)10(18)8(14)6-12;;;;/h7-8H,1-6,11-14H2;4*1H/t7-,8-;;;;/m1..../s1. The molecule has 1 heterocycles. The van der Waals surface area contributed by atoms with Gasteiger partial charge in [0.1, 0.15) is 0 Å². The first-order valence-corrected chi connectivity index (χ1v) is 6.00. The van der Waals surface area contributed by atoms with Gasteiger partial charge in [-0.1, -0.05) is 0 Å². The fraction of sp³-hybridized carbons (Fsp3) is 0.800. The lowest BCUT2D eigenvalue weighted by molar-refractivity contribution is -0.140. The molecule has 22 heavy (non-hydrogen) atoms. The smallest absolute Gasteiger partial charge is 0.240 e. The summed E-state index contributed by atoms with van der Waals surface area (Å²) in [6.07, 6.45) is 0. The summed E-state index contributed by atoms with van der Waals surface area (Å²) in [4.78, 5) is 26.8. The van der Waals surface area contributed by atoms with E-state index in [0.717, 1.165) is 0 Å². The normalized spacial score (nSPS) is 16.0. The minimum atomic E-state index is -0.668. The van der Waals surface area contributed by atoms with Crippen LogP contribution >= 0.6 is 49.6 Å². The number of hydrogen-bond acceptors (Lipinski definition) is 6. The molecule has 1 aliphatic heterocycles. The number of carbonyl (C=O) groups excluding carboxylic acids is 2. The average Bonchev–Trinajstić information content (AvgIpc) is 2.44. The summed E-state index contributed by atoms with van der Waals surface area (Å²) in [5, 5.41) is 0. The molecule has 0 aromatic rings. The minimum absolute atomic E-state index is 0. The number of nitrogens with zero attached hydrogens (tertiary/aromatic N) is 2. The minimum Gasteiger partial charge on any atom is -0.338 e. The molecular formula is C10H26Cl4N6O2. The molecule has 1 fully saturated rings. The number of nitrogens with two attached hydrogens (primary N) is 4. The fourth-order valence-electron chi connectivity index (χ4n) is 1.82. The Morgan fingerprint density at radius 1 is 0.727 bits per heavy atom. The number of hydrogen-bond donors (Lipinski definition) is 4. The maximum Gasteiger partial charge on any atom is 0.240 e. The van der Waals surface area contributed by atoms with Crippen molar-refractivity contribution in [3.63, 3.8) is 0 Å². The van der Waals surface area contributed by atoms with Gasteiger partial charge in [0, 0.05) is 39.3 Å². The second-order valence-electron chi connectivity index (χ2n) is 4.33. The number of rotatable bonds is 4. The molecule has 8 nitrogen and oxygen atoms in total. The molecule has 0 aliphatic carbocycles. The van der Waals surface area contributed by atoms with Crippen LogP contribution in [0.1, 0.15) is 0 Å². The van der Waals surface area contributed by atoms with Crippen molar-refractivity contribution in [1.29, 1.82) is 0 Å². The van der Waals surface area contributed by atoms with Gasteiger partial charge in [-0.2, -0.15) is 0 Å². The highest BCUT2D eigenvalue weighted by Gasteiger charge is 2.28. The Bertz CT molecular complexity index is 288. The van der Waals surface area contributed by atoms with Crippen LogP contribution in [-0.4, -0.2) is 73.0 Å². The predicted molar refractivity (Wildman–Crippen MR) is 96.2 cm³/mol. The third-order valence-electron chi connectivity index (χ3n) is 3.05. The zero-order valence-corrected chi connectivity index (χ0v) is 15.3. The van der Waals surface area contributed by atoms with E-state index in [0.29, 0.717) is 26.2 Å². The van der Waals surface area contributed by atoms with E-state index in [1.807, 2.05) is 0 Å². The Hall–Kier alpha value is -0.0600. The third-order valence-corrected chi connectivity index (χ3v) is 3.05. The average molecular weight is 404 g/mol. The highest BCUT2D eigenvalue weighted by molar-refractivity contribution is 5.86. The number of piperazine rings is 1. The topological polar surface area (TPSA) is 145 Å². The highest BCUT2D eigenvalue weighted by Crippen LogP contribution is 2.04. The van der Waals surface area contributed by atoms with Crippen LogP contribution in [0.15, 0.2) is 0 Å². The number of carbonyl (C=O) groups is 2. The van der Waals surface area contributed by atoms with E-state index >= 15 is 0 Å². The van der Waals surface area contributed by atoms with Gasteiger partial charge in [-0.05, 0) is 0 Å². The van der Waals surface area contributed by atoms with Gasteiger partial charge in [0.05, 0.1) is 12.1 Å². The number of halogens is 4. The van der Waals surface area contributed by atoms with Crippen molar-refractivity contribution in [2.75, 3.05) is 39.3 Å². The Balaban J connectivity index is -0.000000405. The van der Waals surface area contributed by atoms with E-state index in [1.165, 1.54) is 0 Å². The summed E-state index contributed by atoms with van der Waals surface area (Å²) in [5.74, 6) is -0.347. The lowest BCUT2D eigenvalue weighted by Crippen LogP contribution is -2.58. The van der Waals surface area contributed by atoms with Crippen molar-refractivity contribution in [3.05, 3.63) is 0 Å². The van der Waals surface area contributed by atoms with Crippen molar-refractivity contribution < 1.29 is 9.59 Å². The van der Waals surface area contributed by atoms with Crippen LogP contribution in [0.2, 0.25) is 0 Å². The molecule has 136 valence electrons. The van der Waals surface area contributed by atoms with Gasteiger partial charge in [0.15, 0.2) is 0 Å². The lowest BCUT2D eigenvalue weighted by Gasteiger charge is -2.36. The maximum absolute atomic E-state index is 11.8. The van der Waals surface area contributed by atoms with Crippen molar-refractivity contribution in [2.45, 2.75) is 12.1 Å². The highest BCUT2D eigenvalue weighted by atomic mass is 35.5. The van der Waals surface area contributed by atoms with Crippen molar-refractivity contribution in [3.8, 4) is 0 Å². The third kappa shape index (κ3) is 7.98. The van der Waals surface area contributed by atoms with E-state index in [9.17, 15) is 9.59 Å². The van der Waals surface area contributed by atoms with Gasteiger partial charge in [-0.3, -0.25) is 9.59 Å². The summed E-state index contributed by atoms with van der Waals surface area (Å²) in [6, 6.07) is -1.34. The first-order valence-electron chi connectivity index (χ1n) is 6.00. The zero-order chi connectivity index (χ0) is 13.7. The maximum atomic E-state index is 11.8. The molecule has 2 atom stereocenters. The molecule has 8 N–H and O–H groups in total. The van der Waals surface area contributed by atoms with Crippen LogP contribution in [0.25, 0.3) is 0 Å². The SMILES string of the molecule is Cl.Cl.Cl.Cl.NC[C@@H](N)C(=O)N1CCN(C(=O)[C@H](N)CN)CC1. The molecule has 1 aliphatic rings. The van der Waals surface area contributed by atoms with E-state index in [2.05, 4.69) is 0 Å². The van der Waals surface area contributed by atoms with E-state index in [1.54, 1.807) is 9.80 Å². The predicted octanol–water partition coefficient (Wildman–Crippen LogP) is -2.08. The Morgan fingerprint density at radius 3 is 1.14 bits per heavy atom. The lowest BCUT2D eigenvalue weighted by atomic mass is 10.2. The van der Waals surface area contributed by atoms with Gasteiger partial charge in [0.25, 0.3) is 0 Å². The van der Waals surface area contributed by atoms with E-state index < -0.39 is 12.1 Å². The van der Waals surface area contributed by atoms with Crippen molar-refractivity contribution >= 4 is 61.4 Å². The second-order valence-corrected chi connectivity index (χ2v) is 4.33. The summed E-state index contributed by atoms with van der Waals surface area (Å²) in [5.41, 5.74) is 21.8. The number of amides is 2. The van der Waals surface area contributed by atoms with Crippen LogP contribution < -0.4 is 22.9 Å². The fourth-order valence-corrected chi connectivity index (χ4v) is 1.82. The molecule has 0 radical (unpaired) electrons. The first kappa shape index (κ1) is 29.9. The largest absolute Gasteiger partial charge is 0.338 e. The Kier molecular flexibility index (Phi) is 19.7. The Morgan fingerprint density at radius 2 is 0.955 bits per heavy atom. The summed E-state index contributed by atoms with van der Waals surface area (Å²) >= 11 is 0.